The Morgan fingerprint density at radius 2 is 1.91 bits per heavy atom. The van der Waals surface area contributed by atoms with Gasteiger partial charge in [0.05, 0.1) is 6.61 Å². The van der Waals surface area contributed by atoms with Crippen molar-refractivity contribution in [3.8, 4) is 0 Å². The van der Waals surface area contributed by atoms with Crippen LogP contribution in [-0.4, -0.2) is 28.3 Å². The number of carbonyl (C=O) groups excluding carboxylic acids is 2. The number of esters is 1. The summed E-state index contributed by atoms with van der Waals surface area (Å²) >= 11 is 5.07. The van der Waals surface area contributed by atoms with E-state index in [4.69, 9.17) is 17.0 Å². The minimum Gasteiger partial charge on any atom is -0.461 e. The minimum absolute atomic E-state index is 0.0793. The fourth-order valence-electron chi connectivity index (χ4n) is 1.75. The zero-order valence-electron chi connectivity index (χ0n) is 11.9. The summed E-state index contributed by atoms with van der Waals surface area (Å²) in [7, 11) is 0. The fraction of sp³-hybridized carbons (Fsp3) is 0.133. The van der Waals surface area contributed by atoms with Crippen LogP contribution in [0, 0.1) is 0 Å². The van der Waals surface area contributed by atoms with E-state index in [-0.39, 0.29) is 23.3 Å². The molecular formula is C15H15N3O3S. The zero-order valence-corrected chi connectivity index (χ0v) is 12.7. The van der Waals surface area contributed by atoms with Crippen LogP contribution in [0.25, 0.3) is 0 Å². The quantitative estimate of drug-likeness (QED) is 0.666. The van der Waals surface area contributed by atoms with Gasteiger partial charge in [0, 0.05) is 11.8 Å². The summed E-state index contributed by atoms with van der Waals surface area (Å²) in [6.45, 7) is 2.00. The molecule has 0 unspecified atom stereocenters. The van der Waals surface area contributed by atoms with Gasteiger partial charge in [-0.1, -0.05) is 18.2 Å². The summed E-state index contributed by atoms with van der Waals surface area (Å²) in [6, 6.07) is 12.0. The number of nitrogens with zero attached hydrogens (tertiary/aromatic N) is 1. The summed E-state index contributed by atoms with van der Waals surface area (Å²) in [5.74, 6) is -0.805. The van der Waals surface area contributed by atoms with Crippen LogP contribution < -0.4 is 10.7 Å². The molecule has 2 N–H and O–H groups in total. The van der Waals surface area contributed by atoms with E-state index >= 15 is 0 Å². The molecule has 6 nitrogen and oxygen atoms in total. The van der Waals surface area contributed by atoms with E-state index in [0.717, 1.165) is 0 Å². The van der Waals surface area contributed by atoms with Crippen LogP contribution in [-0.2, 0) is 4.74 Å². The predicted molar refractivity (Wildman–Crippen MR) is 86.3 cm³/mol. The third-order valence-electron chi connectivity index (χ3n) is 2.72. The first-order valence-corrected chi connectivity index (χ1v) is 7.04. The molecule has 0 atom stereocenters. The van der Waals surface area contributed by atoms with Crippen molar-refractivity contribution in [3.63, 3.8) is 0 Å². The smallest absolute Gasteiger partial charge is 0.356 e. The largest absolute Gasteiger partial charge is 0.461 e. The van der Waals surface area contributed by atoms with Gasteiger partial charge in [0.15, 0.2) is 5.11 Å². The molecule has 1 aromatic carbocycles. The Labute approximate surface area is 133 Å². The average Bonchev–Trinajstić information content (AvgIpc) is 2.96. The van der Waals surface area contributed by atoms with Gasteiger partial charge in [-0.05, 0) is 43.4 Å². The lowest BCUT2D eigenvalue weighted by Crippen LogP contribution is -2.38. The van der Waals surface area contributed by atoms with E-state index in [1.807, 2.05) is 6.07 Å². The molecule has 0 aliphatic carbocycles. The zero-order chi connectivity index (χ0) is 15.9. The monoisotopic (exact) mass is 317 g/mol. The Morgan fingerprint density at radius 3 is 2.59 bits per heavy atom. The van der Waals surface area contributed by atoms with Gasteiger partial charge in [-0.25, -0.2) is 4.79 Å². The number of hydrogen-bond acceptors (Lipinski definition) is 4. The normalized spacial score (nSPS) is 9.86. The number of thiocarbonyl (C=S) groups is 1. The summed E-state index contributed by atoms with van der Waals surface area (Å²) in [6.07, 6.45) is 1.60. The molecule has 2 rings (SSSR count). The van der Waals surface area contributed by atoms with Gasteiger partial charge in [-0.15, -0.1) is 0 Å². The number of carbonyl (C=O) groups is 2. The Bertz CT molecular complexity index is 682. The molecule has 0 aliphatic heterocycles. The second kappa shape index (κ2) is 7.37. The summed E-state index contributed by atoms with van der Waals surface area (Å²) in [5, 5.41) is 2.62. The van der Waals surface area contributed by atoms with E-state index < -0.39 is 5.97 Å². The molecule has 22 heavy (non-hydrogen) atoms. The first-order valence-electron chi connectivity index (χ1n) is 6.63. The van der Waals surface area contributed by atoms with Crippen molar-refractivity contribution in [1.29, 1.82) is 0 Å². The molecule has 2 aromatic rings. The van der Waals surface area contributed by atoms with Crippen molar-refractivity contribution >= 4 is 29.2 Å². The fourth-order valence-corrected chi connectivity index (χ4v) is 1.94. The molecular weight excluding hydrogens is 302 g/mol. The van der Waals surface area contributed by atoms with Crippen LogP contribution in [0.15, 0.2) is 48.7 Å². The predicted octanol–water partition coefficient (Wildman–Crippen LogP) is 1.92. The highest BCUT2D eigenvalue weighted by Crippen LogP contribution is 2.03. The Hall–Kier alpha value is -2.67. The summed E-state index contributed by atoms with van der Waals surface area (Å²) in [5.41, 5.74) is 3.53. The number of nitrogens with one attached hydrogen (secondary N) is 2. The molecule has 0 bridgehead atoms. The Balaban J connectivity index is 2.00. The average molecular weight is 317 g/mol. The van der Waals surface area contributed by atoms with Gasteiger partial charge in [0.1, 0.15) is 5.69 Å². The highest BCUT2D eigenvalue weighted by atomic mass is 32.1. The molecule has 1 heterocycles. The number of rotatable bonds is 4. The number of benzene rings is 1. The van der Waals surface area contributed by atoms with Crippen molar-refractivity contribution in [2.45, 2.75) is 6.92 Å². The van der Waals surface area contributed by atoms with Crippen molar-refractivity contribution in [1.82, 2.24) is 9.99 Å². The number of amides is 1. The lowest BCUT2D eigenvalue weighted by Gasteiger charge is -2.13. The van der Waals surface area contributed by atoms with Crippen LogP contribution in [0.4, 0.5) is 0 Å². The van der Waals surface area contributed by atoms with Gasteiger partial charge >= 0.3 is 5.97 Å². The van der Waals surface area contributed by atoms with Gasteiger partial charge < -0.3 is 4.74 Å². The van der Waals surface area contributed by atoms with Gasteiger partial charge in [0.25, 0.3) is 5.91 Å². The number of hydrogen-bond donors (Lipinski definition) is 2. The van der Waals surface area contributed by atoms with Gasteiger partial charge in [0.2, 0.25) is 0 Å². The van der Waals surface area contributed by atoms with E-state index in [1.165, 1.54) is 4.68 Å². The standard InChI is InChI=1S/C15H15N3O3S/c1-2-21-14(20)12-9-6-10-18(12)17-15(22)16-13(19)11-7-4-3-5-8-11/h3-10H,2H2,1H3,(H2,16,17,19,22). The molecule has 0 fully saturated rings. The molecule has 0 saturated heterocycles. The van der Waals surface area contributed by atoms with Crippen LogP contribution in [0.1, 0.15) is 27.8 Å². The number of aromatic nitrogens is 1. The topological polar surface area (TPSA) is 72.4 Å². The second-order valence-electron chi connectivity index (χ2n) is 4.24. The van der Waals surface area contributed by atoms with Crippen molar-refractivity contribution < 1.29 is 14.3 Å². The van der Waals surface area contributed by atoms with Crippen LogP contribution in [0.2, 0.25) is 0 Å². The summed E-state index contributed by atoms with van der Waals surface area (Å²) < 4.78 is 6.32. The van der Waals surface area contributed by atoms with E-state index in [1.54, 1.807) is 49.5 Å². The molecule has 114 valence electrons. The maximum Gasteiger partial charge on any atom is 0.356 e. The molecule has 0 spiro atoms. The minimum atomic E-state index is -0.475. The third-order valence-corrected chi connectivity index (χ3v) is 2.91. The SMILES string of the molecule is CCOC(=O)c1cccn1NC(=S)NC(=O)c1ccccc1. The molecule has 1 aromatic heterocycles. The molecule has 1 amide bonds. The highest BCUT2D eigenvalue weighted by molar-refractivity contribution is 7.80. The van der Waals surface area contributed by atoms with E-state index in [9.17, 15) is 9.59 Å². The van der Waals surface area contributed by atoms with Crippen LogP contribution in [0.5, 0.6) is 0 Å². The molecule has 0 radical (unpaired) electrons. The number of ether oxygens (including phenoxy) is 1. The summed E-state index contributed by atoms with van der Waals surface area (Å²) in [4.78, 5) is 23.7. The van der Waals surface area contributed by atoms with E-state index in [0.29, 0.717) is 5.56 Å². The lowest BCUT2D eigenvalue weighted by atomic mass is 10.2. The van der Waals surface area contributed by atoms with Crippen molar-refractivity contribution in [2.24, 2.45) is 0 Å². The first kappa shape index (κ1) is 15.7. The molecule has 7 heteroatoms. The van der Waals surface area contributed by atoms with Crippen LogP contribution >= 0.6 is 12.2 Å². The highest BCUT2D eigenvalue weighted by Gasteiger charge is 2.13. The van der Waals surface area contributed by atoms with Crippen molar-refractivity contribution in [2.75, 3.05) is 12.0 Å². The van der Waals surface area contributed by atoms with Gasteiger partial charge in [-0.2, -0.15) is 0 Å². The second-order valence-corrected chi connectivity index (χ2v) is 4.65. The maximum atomic E-state index is 12.0. The Morgan fingerprint density at radius 1 is 1.18 bits per heavy atom. The maximum absolute atomic E-state index is 12.0. The lowest BCUT2D eigenvalue weighted by molar-refractivity contribution is 0.0516. The van der Waals surface area contributed by atoms with Crippen molar-refractivity contribution in [3.05, 3.63) is 59.9 Å². The molecule has 0 saturated carbocycles. The van der Waals surface area contributed by atoms with Crippen LogP contribution in [0.3, 0.4) is 0 Å². The molecule has 0 aliphatic rings. The van der Waals surface area contributed by atoms with E-state index in [2.05, 4.69) is 10.7 Å². The van der Waals surface area contributed by atoms with Gasteiger partial charge in [-0.3, -0.25) is 20.2 Å². The Kier molecular flexibility index (Phi) is 5.26. The third kappa shape index (κ3) is 3.92. The first-order chi connectivity index (χ1) is 10.6.